The van der Waals surface area contributed by atoms with Gasteiger partial charge in [-0.25, -0.2) is 0 Å². The Morgan fingerprint density at radius 3 is 0.912 bits per heavy atom. The Hall–Kier alpha value is -4.46. The molecule has 170 valence electrons. The Bertz CT molecular complexity index is 1130. The van der Waals surface area contributed by atoms with E-state index in [1.165, 1.54) is 9.80 Å². The summed E-state index contributed by atoms with van der Waals surface area (Å²) < 4.78 is 11.7. The van der Waals surface area contributed by atoms with Crippen LogP contribution in [0.15, 0.2) is 72.8 Å². The van der Waals surface area contributed by atoms with Crippen LogP contribution in [0.5, 0.6) is 23.0 Å². The van der Waals surface area contributed by atoms with E-state index in [4.69, 9.17) is 9.47 Å². The van der Waals surface area contributed by atoms with E-state index in [1.807, 2.05) is 0 Å². The monoisotopic (exact) mass is 456 g/mol. The molecule has 2 heterocycles. The summed E-state index contributed by atoms with van der Waals surface area (Å²) in [6, 6.07) is 20.6. The van der Waals surface area contributed by atoms with Crippen molar-refractivity contribution in [3.8, 4) is 23.0 Å². The third-order valence-electron chi connectivity index (χ3n) is 5.59. The van der Waals surface area contributed by atoms with Crippen LogP contribution in [0.1, 0.15) is 25.7 Å². The van der Waals surface area contributed by atoms with Gasteiger partial charge in [-0.1, -0.05) is 0 Å². The molecule has 2 aliphatic heterocycles. The molecule has 0 bridgehead atoms. The summed E-state index contributed by atoms with van der Waals surface area (Å²) in [5.74, 6) is 1.55. The van der Waals surface area contributed by atoms with Gasteiger partial charge in [-0.05, 0) is 72.8 Å². The molecule has 4 amide bonds. The largest absolute Gasteiger partial charge is 0.457 e. The maximum absolute atomic E-state index is 11.9. The van der Waals surface area contributed by atoms with Crippen molar-refractivity contribution in [1.82, 2.24) is 0 Å². The summed E-state index contributed by atoms with van der Waals surface area (Å²) in [5.41, 5.74) is 1.07. The lowest BCUT2D eigenvalue weighted by atomic mass is 10.2. The van der Waals surface area contributed by atoms with Gasteiger partial charge < -0.3 is 9.47 Å². The van der Waals surface area contributed by atoms with Crippen molar-refractivity contribution in [2.24, 2.45) is 0 Å². The maximum atomic E-state index is 11.9. The fourth-order valence-electron chi connectivity index (χ4n) is 3.90. The van der Waals surface area contributed by atoms with Crippen molar-refractivity contribution in [2.75, 3.05) is 9.80 Å². The maximum Gasteiger partial charge on any atom is 0.234 e. The first-order valence-electron chi connectivity index (χ1n) is 10.9. The van der Waals surface area contributed by atoms with Crippen molar-refractivity contribution in [3.05, 3.63) is 72.8 Å². The number of carbonyl (C=O) groups is 4. The van der Waals surface area contributed by atoms with E-state index < -0.39 is 0 Å². The molecule has 0 atom stereocenters. The van der Waals surface area contributed by atoms with Crippen molar-refractivity contribution < 1.29 is 28.7 Å². The molecule has 0 N–H and O–H groups in total. The number of hydrogen-bond acceptors (Lipinski definition) is 6. The highest BCUT2D eigenvalue weighted by atomic mass is 16.5. The number of carbonyl (C=O) groups excluding carboxylic acids is 4. The summed E-state index contributed by atoms with van der Waals surface area (Å²) >= 11 is 0. The number of hydrogen-bond donors (Lipinski definition) is 0. The van der Waals surface area contributed by atoms with Crippen LogP contribution >= 0.6 is 0 Å². The third kappa shape index (κ3) is 4.25. The lowest BCUT2D eigenvalue weighted by Crippen LogP contribution is -2.28. The number of anilines is 2. The average Bonchev–Trinajstić information content (AvgIpc) is 3.36. The lowest BCUT2D eigenvalue weighted by Gasteiger charge is -2.15. The molecule has 3 aromatic rings. The first-order valence-corrected chi connectivity index (χ1v) is 10.9. The van der Waals surface area contributed by atoms with Crippen LogP contribution in [0.3, 0.4) is 0 Å². The number of amides is 4. The molecule has 5 rings (SSSR count). The first kappa shape index (κ1) is 21.4. The highest BCUT2D eigenvalue weighted by molar-refractivity contribution is 6.20. The molecule has 0 unspecified atom stereocenters. The van der Waals surface area contributed by atoms with Crippen molar-refractivity contribution in [3.63, 3.8) is 0 Å². The van der Waals surface area contributed by atoms with Gasteiger partial charge in [0.05, 0.1) is 11.4 Å². The van der Waals surface area contributed by atoms with E-state index in [0.29, 0.717) is 34.4 Å². The van der Waals surface area contributed by atoms with Gasteiger partial charge >= 0.3 is 0 Å². The molecule has 2 saturated heterocycles. The van der Waals surface area contributed by atoms with E-state index in [1.54, 1.807) is 72.8 Å². The summed E-state index contributed by atoms with van der Waals surface area (Å²) in [5, 5.41) is 0. The normalized spacial score (nSPS) is 15.9. The number of nitrogens with zero attached hydrogens (tertiary/aromatic N) is 2. The Balaban J connectivity index is 1.20. The third-order valence-corrected chi connectivity index (χ3v) is 5.59. The molecule has 2 fully saturated rings. The van der Waals surface area contributed by atoms with Gasteiger partial charge in [0.1, 0.15) is 23.0 Å². The quantitative estimate of drug-likeness (QED) is 0.504. The first-order chi connectivity index (χ1) is 16.5. The minimum atomic E-state index is -0.193. The van der Waals surface area contributed by atoms with Crippen molar-refractivity contribution in [2.45, 2.75) is 25.7 Å². The van der Waals surface area contributed by atoms with Crippen LogP contribution < -0.4 is 19.3 Å². The second kappa shape index (κ2) is 8.82. The zero-order chi connectivity index (χ0) is 23.7. The van der Waals surface area contributed by atoms with Gasteiger partial charge in [-0.3, -0.25) is 29.0 Å². The molecule has 0 saturated carbocycles. The van der Waals surface area contributed by atoms with Crippen molar-refractivity contribution in [1.29, 1.82) is 0 Å². The molecule has 34 heavy (non-hydrogen) atoms. The van der Waals surface area contributed by atoms with Gasteiger partial charge in [-0.2, -0.15) is 0 Å². The van der Waals surface area contributed by atoms with Crippen LogP contribution in [0.2, 0.25) is 0 Å². The van der Waals surface area contributed by atoms with E-state index in [-0.39, 0.29) is 49.3 Å². The highest BCUT2D eigenvalue weighted by Gasteiger charge is 2.31. The van der Waals surface area contributed by atoms with Gasteiger partial charge in [0.25, 0.3) is 0 Å². The number of ether oxygens (including phenoxy) is 2. The van der Waals surface area contributed by atoms with Crippen molar-refractivity contribution >= 4 is 35.0 Å². The van der Waals surface area contributed by atoms with Crippen LogP contribution in [0.4, 0.5) is 11.4 Å². The summed E-state index contributed by atoms with van der Waals surface area (Å²) in [4.78, 5) is 49.8. The van der Waals surface area contributed by atoms with Crippen LogP contribution in [0.25, 0.3) is 0 Å². The Morgan fingerprint density at radius 2 is 0.647 bits per heavy atom. The minimum Gasteiger partial charge on any atom is -0.457 e. The summed E-state index contributed by atoms with van der Waals surface area (Å²) in [6.07, 6.45) is 0.974. The number of imide groups is 2. The highest BCUT2D eigenvalue weighted by Crippen LogP contribution is 2.31. The van der Waals surface area contributed by atoms with E-state index >= 15 is 0 Å². The SMILES string of the molecule is O=C1CCC(=O)N1c1ccc(Oc2ccc(Oc3ccc(N4C(=O)CCC4=O)cc3)cc2)cc1. The molecule has 8 heteroatoms. The Morgan fingerprint density at radius 1 is 0.412 bits per heavy atom. The zero-order valence-electron chi connectivity index (χ0n) is 18.1. The Labute approximate surface area is 195 Å². The summed E-state index contributed by atoms with van der Waals surface area (Å²) in [6.45, 7) is 0. The molecule has 0 spiro atoms. The fourth-order valence-corrected chi connectivity index (χ4v) is 3.90. The molecular formula is C26H20N2O6. The topological polar surface area (TPSA) is 93.2 Å². The molecule has 2 aliphatic rings. The molecule has 0 aromatic heterocycles. The van der Waals surface area contributed by atoms with Gasteiger partial charge in [0.15, 0.2) is 0 Å². The summed E-state index contributed by atoms with van der Waals surface area (Å²) in [7, 11) is 0. The molecule has 0 aliphatic carbocycles. The van der Waals surface area contributed by atoms with Crippen LogP contribution in [-0.4, -0.2) is 23.6 Å². The minimum absolute atomic E-state index is 0.193. The van der Waals surface area contributed by atoms with Crippen LogP contribution in [0, 0.1) is 0 Å². The van der Waals surface area contributed by atoms with Gasteiger partial charge in [-0.15, -0.1) is 0 Å². The molecular weight excluding hydrogens is 436 g/mol. The van der Waals surface area contributed by atoms with E-state index in [0.717, 1.165) is 0 Å². The van der Waals surface area contributed by atoms with Crippen LogP contribution in [-0.2, 0) is 19.2 Å². The molecule has 3 aromatic carbocycles. The molecule has 0 radical (unpaired) electrons. The standard InChI is InChI=1S/C26H20N2O6/c29-23-13-14-24(30)27(23)17-1-5-19(6-2-17)33-21-9-11-22(12-10-21)34-20-7-3-18(4-8-20)28-25(31)15-16-26(28)32/h1-12H,13-16H2. The zero-order valence-corrected chi connectivity index (χ0v) is 18.1. The van der Waals surface area contributed by atoms with Gasteiger partial charge in [0.2, 0.25) is 23.6 Å². The second-order valence-corrected chi connectivity index (χ2v) is 7.91. The smallest absolute Gasteiger partial charge is 0.234 e. The predicted molar refractivity (Wildman–Crippen MR) is 123 cm³/mol. The van der Waals surface area contributed by atoms with Gasteiger partial charge in [0, 0.05) is 25.7 Å². The average molecular weight is 456 g/mol. The molecule has 8 nitrogen and oxygen atoms in total. The number of rotatable bonds is 6. The van der Waals surface area contributed by atoms with E-state index in [2.05, 4.69) is 0 Å². The number of benzene rings is 3. The second-order valence-electron chi connectivity index (χ2n) is 7.91. The Kier molecular flexibility index (Phi) is 5.55. The lowest BCUT2D eigenvalue weighted by molar-refractivity contribution is -0.122. The predicted octanol–water partition coefficient (Wildman–Crippen LogP) is 4.58. The fraction of sp³-hybridized carbons (Fsp3) is 0.154. The van der Waals surface area contributed by atoms with E-state index in [9.17, 15) is 19.2 Å².